The molecular formula is C16H25N3O. The largest absolute Gasteiger partial charge is 0.353 e. The molecule has 1 aromatic carbocycles. The summed E-state index contributed by atoms with van der Waals surface area (Å²) in [6, 6.07) is 9.80. The zero-order valence-electron chi connectivity index (χ0n) is 12.2. The first kappa shape index (κ1) is 15.0. The Balaban J connectivity index is 1.83. The number of hydrogen-bond acceptors (Lipinski definition) is 3. The van der Waals surface area contributed by atoms with Crippen molar-refractivity contribution in [1.82, 2.24) is 10.2 Å². The van der Waals surface area contributed by atoms with Crippen LogP contribution in [0.4, 0.5) is 0 Å². The smallest absolute Gasteiger partial charge is 0.237 e. The van der Waals surface area contributed by atoms with Crippen molar-refractivity contribution in [2.24, 2.45) is 5.73 Å². The van der Waals surface area contributed by atoms with Crippen LogP contribution in [0.3, 0.4) is 0 Å². The highest BCUT2D eigenvalue weighted by Gasteiger charge is 2.29. The van der Waals surface area contributed by atoms with Crippen LogP contribution < -0.4 is 11.1 Å². The van der Waals surface area contributed by atoms with E-state index in [0.717, 1.165) is 37.9 Å². The summed E-state index contributed by atoms with van der Waals surface area (Å²) in [5.74, 6) is 0.127. The summed E-state index contributed by atoms with van der Waals surface area (Å²) in [6.45, 7) is 4.69. The molecule has 1 amide bonds. The molecule has 1 fully saturated rings. The highest BCUT2D eigenvalue weighted by atomic mass is 16.2. The van der Waals surface area contributed by atoms with Crippen LogP contribution in [0.15, 0.2) is 30.3 Å². The Bertz CT molecular complexity index is 421. The molecule has 4 heteroatoms. The van der Waals surface area contributed by atoms with Gasteiger partial charge in [-0.1, -0.05) is 37.3 Å². The SMILES string of the molecule is CCCN1CCCC1C(=O)NCC(N)c1ccccc1. The summed E-state index contributed by atoms with van der Waals surface area (Å²) in [5, 5.41) is 3.01. The van der Waals surface area contributed by atoms with Crippen molar-refractivity contribution in [2.45, 2.75) is 38.3 Å². The molecule has 2 atom stereocenters. The average molecular weight is 275 g/mol. The van der Waals surface area contributed by atoms with Gasteiger partial charge < -0.3 is 11.1 Å². The Hall–Kier alpha value is -1.39. The quantitative estimate of drug-likeness (QED) is 0.830. The number of likely N-dealkylation sites (tertiary alicyclic amines) is 1. The van der Waals surface area contributed by atoms with Crippen molar-refractivity contribution in [3.05, 3.63) is 35.9 Å². The molecule has 20 heavy (non-hydrogen) atoms. The molecule has 0 aliphatic carbocycles. The first-order chi connectivity index (χ1) is 9.72. The maximum absolute atomic E-state index is 12.3. The lowest BCUT2D eigenvalue weighted by atomic mass is 10.1. The van der Waals surface area contributed by atoms with Gasteiger partial charge in [-0.15, -0.1) is 0 Å². The Morgan fingerprint density at radius 1 is 1.45 bits per heavy atom. The molecule has 2 unspecified atom stereocenters. The van der Waals surface area contributed by atoms with E-state index in [1.165, 1.54) is 0 Å². The van der Waals surface area contributed by atoms with Gasteiger partial charge in [0.25, 0.3) is 0 Å². The summed E-state index contributed by atoms with van der Waals surface area (Å²) in [5.41, 5.74) is 7.17. The molecule has 2 rings (SSSR count). The zero-order chi connectivity index (χ0) is 14.4. The topological polar surface area (TPSA) is 58.4 Å². The van der Waals surface area contributed by atoms with Crippen molar-refractivity contribution in [2.75, 3.05) is 19.6 Å². The molecule has 0 radical (unpaired) electrons. The molecule has 1 aliphatic heterocycles. The van der Waals surface area contributed by atoms with Gasteiger partial charge in [0.2, 0.25) is 5.91 Å². The minimum absolute atomic E-state index is 0.0397. The third kappa shape index (κ3) is 3.81. The number of carbonyl (C=O) groups excluding carboxylic acids is 1. The fourth-order valence-corrected chi connectivity index (χ4v) is 2.82. The predicted octanol–water partition coefficient (Wildman–Crippen LogP) is 1.68. The van der Waals surface area contributed by atoms with Gasteiger partial charge in [0.15, 0.2) is 0 Å². The van der Waals surface area contributed by atoms with Gasteiger partial charge in [0.05, 0.1) is 6.04 Å². The number of amides is 1. The summed E-state index contributed by atoms with van der Waals surface area (Å²) in [7, 11) is 0. The normalized spacial score (nSPS) is 20.8. The molecular weight excluding hydrogens is 250 g/mol. The molecule has 4 nitrogen and oxygen atoms in total. The van der Waals surface area contributed by atoms with E-state index in [4.69, 9.17) is 5.73 Å². The first-order valence-corrected chi connectivity index (χ1v) is 7.54. The van der Waals surface area contributed by atoms with E-state index in [2.05, 4.69) is 17.1 Å². The number of nitrogens with zero attached hydrogens (tertiary/aromatic N) is 1. The molecule has 1 saturated heterocycles. The second kappa shape index (κ2) is 7.41. The van der Waals surface area contributed by atoms with E-state index in [9.17, 15) is 4.79 Å². The van der Waals surface area contributed by atoms with Crippen LogP contribution in [-0.4, -0.2) is 36.5 Å². The first-order valence-electron chi connectivity index (χ1n) is 7.54. The maximum Gasteiger partial charge on any atom is 0.237 e. The Labute approximate surface area is 121 Å². The van der Waals surface area contributed by atoms with Gasteiger partial charge in [-0.3, -0.25) is 9.69 Å². The highest BCUT2D eigenvalue weighted by molar-refractivity contribution is 5.82. The van der Waals surface area contributed by atoms with E-state index in [0.29, 0.717) is 6.54 Å². The van der Waals surface area contributed by atoms with Crippen molar-refractivity contribution in [3.63, 3.8) is 0 Å². The summed E-state index contributed by atoms with van der Waals surface area (Å²) < 4.78 is 0. The van der Waals surface area contributed by atoms with Crippen molar-refractivity contribution in [1.29, 1.82) is 0 Å². The summed E-state index contributed by atoms with van der Waals surface area (Å²) >= 11 is 0. The van der Waals surface area contributed by atoms with E-state index in [1.54, 1.807) is 0 Å². The van der Waals surface area contributed by atoms with E-state index < -0.39 is 0 Å². The second-order valence-corrected chi connectivity index (χ2v) is 5.46. The van der Waals surface area contributed by atoms with E-state index >= 15 is 0 Å². The van der Waals surface area contributed by atoms with Gasteiger partial charge in [0, 0.05) is 12.6 Å². The molecule has 1 aliphatic rings. The number of carbonyl (C=O) groups is 1. The third-order valence-electron chi connectivity index (χ3n) is 3.90. The lowest BCUT2D eigenvalue weighted by molar-refractivity contribution is -0.125. The van der Waals surface area contributed by atoms with Crippen molar-refractivity contribution in [3.8, 4) is 0 Å². The Morgan fingerprint density at radius 2 is 2.20 bits per heavy atom. The number of hydrogen-bond donors (Lipinski definition) is 2. The van der Waals surface area contributed by atoms with Crippen molar-refractivity contribution >= 4 is 5.91 Å². The fraction of sp³-hybridized carbons (Fsp3) is 0.562. The van der Waals surface area contributed by atoms with Gasteiger partial charge in [-0.2, -0.15) is 0 Å². The number of rotatable bonds is 6. The lowest BCUT2D eigenvalue weighted by Crippen LogP contribution is -2.45. The molecule has 110 valence electrons. The van der Waals surface area contributed by atoms with Crippen molar-refractivity contribution < 1.29 is 4.79 Å². The molecule has 0 aromatic heterocycles. The van der Waals surface area contributed by atoms with Gasteiger partial charge in [-0.25, -0.2) is 0 Å². The van der Waals surface area contributed by atoms with E-state index in [-0.39, 0.29) is 18.0 Å². The fourth-order valence-electron chi connectivity index (χ4n) is 2.82. The highest BCUT2D eigenvalue weighted by Crippen LogP contribution is 2.17. The van der Waals surface area contributed by atoms with Gasteiger partial charge in [0.1, 0.15) is 0 Å². The third-order valence-corrected chi connectivity index (χ3v) is 3.90. The predicted molar refractivity (Wildman–Crippen MR) is 81.3 cm³/mol. The molecule has 0 saturated carbocycles. The Kier molecular flexibility index (Phi) is 5.56. The molecule has 3 N–H and O–H groups in total. The minimum atomic E-state index is -0.138. The van der Waals surface area contributed by atoms with Crippen LogP contribution in [0.25, 0.3) is 0 Å². The number of nitrogens with two attached hydrogens (primary N) is 1. The van der Waals surface area contributed by atoms with Gasteiger partial charge >= 0.3 is 0 Å². The summed E-state index contributed by atoms with van der Waals surface area (Å²) in [6.07, 6.45) is 3.17. The Morgan fingerprint density at radius 3 is 2.90 bits per heavy atom. The van der Waals surface area contributed by atoms with Gasteiger partial charge in [-0.05, 0) is 37.9 Å². The zero-order valence-corrected chi connectivity index (χ0v) is 12.2. The standard InChI is InChI=1S/C16H25N3O/c1-2-10-19-11-6-9-15(19)16(20)18-12-14(17)13-7-4-3-5-8-13/h3-5,7-8,14-15H,2,6,9-12,17H2,1H3,(H,18,20). The average Bonchev–Trinajstić information content (AvgIpc) is 2.94. The lowest BCUT2D eigenvalue weighted by Gasteiger charge is -2.23. The van der Waals surface area contributed by atoms with Crippen LogP contribution in [0.1, 0.15) is 37.8 Å². The van der Waals surface area contributed by atoms with Crippen LogP contribution in [-0.2, 0) is 4.79 Å². The van der Waals surface area contributed by atoms with Crippen LogP contribution in [0.5, 0.6) is 0 Å². The van der Waals surface area contributed by atoms with Crippen LogP contribution in [0, 0.1) is 0 Å². The number of nitrogens with one attached hydrogen (secondary N) is 1. The monoisotopic (exact) mass is 275 g/mol. The van der Waals surface area contributed by atoms with E-state index in [1.807, 2.05) is 30.3 Å². The molecule has 0 bridgehead atoms. The van der Waals surface area contributed by atoms with Crippen LogP contribution in [0.2, 0.25) is 0 Å². The second-order valence-electron chi connectivity index (χ2n) is 5.46. The maximum atomic E-state index is 12.3. The molecule has 0 spiro atoms. The van der Waals surface area contributed by atoms with Crippen LogP contribution >= 0.6 is 0 Å². The minimum Gasteiger partial charge on any atom is -0.353 e. The molecule has 1 aromatic rings. The molecule has 1 heterocycles. The number of benzene rings is 1. The summed E-state index contributed by atoms with van der Waals surface area (Å²) in [4.78, 5) is 14.5.